The van der Waals surface area contributed by atoms with Crippen molar-refractivity contribution in [1.29, 1.82) is 0 Å². The maximum atomic E-state index is 12.7. The summed E-state index contributed by atoms with van der Waals surface area (Å²) in [4.78, 5) is 14.5. The third kappa shape index (κ3) is 3.70. The van der Waals surface area contributed by atoms with Gasteiger partial charge in [-0.2, -0.15) is 0 Å². The maximum Gasteiger partial charge on any atom is 0.322 e. The summed E-state index contributed by atoms with van der Waals surface area (Å²) in [5.74, 6) is 1.11. The van der Waals surface area contributed by atoms with Crippen LogP contribution in [0.15, 0.2) is 48.5 Å². The number of thiophene rings is 1. The Bertz CT molecular complexity index is 963. The SMILES string of the molecule is COc1ccc(-c2ccccc2)c2sc(NC(=O)N3CCC(CO)CC3)cc12. The van der Waals surface area contributed by atoms with Crippen molar-refractivity contribution in [2.45, 2.75) is 12.8 Å². The number of benzene rings is 2. The average molecular weight is 397 g/mol. The van der Waals surface area contributed by atoms with E-state index in [0.717, 1.165) is 44.8 Å². The summed E-state index contributed by atoms with van der Waals surface area (Å²) >= 11 is 1.57. The lowest BCUT2D eigenvalue weighted by atomic mass is 9.98. The number of methoxy groups -OCH3 is 1. The molecule has 0 radical (unpaired) electrons. The van der Waals surface area contributed by atoms with Crippen LogP contribution in [0, 0.1) is 5.92 Å². The number of rotatable bonds is 4. The molecule has 28 heavy (non-hydrogen) atoms. The van der Waals surface area contributed by atoms with Gasteiger partial charge >= 0.3 is 6.03 Å². The number of aliphatic hydroxyl groups is 1. The Balaban J connectivity index is 1.61. The van der Waals surface area contributed by atoms with E-state index in [4.69, 9.17) is 4.74 Å². The molecule has 2 aromatic carbocycles. The predicted octanol–water partition coefficient (Wildman–Crippen LogP) is 4.81. The molecule has 2 N–H and O–H groups in total. The van der Waals surface area contributed by atoms with Crippen molar-refractivity contribution in [1.82, 2.24) is 4.90 Å². The van der Waals surface area contributed by atoms with Gasteiger partial charge in [0.25, 0.3) is 0 Å². The van der Waals surface area contributed by atoms with E-state index in [2.05, 4.69) is 23.5 Å². The first kappa shape index (κ1) is 18.8. The number of urea groups is 1. The van der Waals surface area contributed by atoms with E-state index >= 15 is 0 Å². The lowest BCUT2D eigenvalue weighted by Gasteiger charge is -2.30. The maximum absolute atomic E-state index is 12.7. The summed E-state index contributed by atoms with van der Waals surface area (Å²) in [6.45, 7) is 1.56. The van der Waals surface area contributed by atoms with Gasteiger partial charge in [0.15, 0.2) is 0 Å². The van der Waals surface area contributed by atoms with Gasteiger partial charge in [-0.15, -0.1) is 11.3 Å². The number of amides is 2. The summed E-state index contributed by atoms with van der Waals surface area (Å²) < 4.78 is 6.63. The molecule has 6 heteroatoms. The normalized spacial score (nSPS) is 15.0. The molecule has 0 saturated carbocycles. The van der Waals surface area contributed by atoms with Crippen molar-refractivity contribution in [3.8, 4) is 16.9 Å². The van der Waals surface area contributed by atoms with Gasteiger partial charge in [0.2, 0.25) is 0 Å². The summed E-state index contributed by atoms with van der Waals surface area (Å²) in [5.41, 5.74) is 2.27. The molecule has 146 valence electrons. The van der Waals surface area contributed by atoms with E-state index in [0.29, 0.717) is 19.0 Å². The summed E-state index contributed by atoms with van der Waals surface area (Å²) in [7, 11) is 1.66. The van der Waals surface area contributed by atoms with E-state index in [9.17, 15) is 9.90 Å². The van der Waals surface area contributed by atoms with Crippen LogP contribution in [0.1, 0.15) is 12.8 Å². The Hall–Kier alpha value is -2.57. The molecule has 1 aliphatic rings. The fraction of sp³-hybridized carbons (Fsp3) is 0.318. The molecule has 4 rings (SSSR count). The second kappa shape index (κ2) is 8.20. The third-order valence-electron chi connectivity index (χ3n) is 5.34. The molecule has 1 aromatic heterocycles. The minimum absolute atomic E-state index is 0.0804. The molecular formula is C22H24N2O3S. The number of nitrogens with zero attached hydrogens (tertiary/aromatic N) is 1. The number of carbonyl (C=O) groups excluding carboxylic acids is 1. The molecule has 0 atom stereocenters. The molecular weight excluding hydrogens is 372 g/mol. The second-order valence-electron chi connectivity index (χ2n) is 7.08. The topological polar surface area (TPSA) is 61.8 Å². The fourth-order valence-electron chi connectivity index (χ4n) is 3.69. The summed E-state index contributed by atoms with van der Waals surface area (Å²) in [5, 5.41) is 14.1. The Labute approximate surface area is 168 Å². The van der Waals surface area contributed by atoms with Crippen molar-refractivity contribution in [3.63, 3.8) is 0 Å². The van der Waals surface area contributed by atoms with Gasteiger partial charge in [0.05, 0.1) is 12.1 Å². The highest BCUT2D eigenvalue weighted by Crippen LogP contribution is 2.42. The van der Waals surface area contributed by atoms with Gasteiger partial charge in [0.1, 0.15) is 5.75 Å². The molecule has 0 unspecified atom stereocenters. The minimum atomic E-state index is -0.0804. The van der Waals surface area contributed by atoms with Crippen LogP contribution in [0.4, 0.5) is 9.80 Å². The van der Waals surface area contributed by atoms with E-state index in [1.807, 2.05) is 35.2 Å². The van der Waals surface area contributed by atoms with Gasteiger partial charge in [-0.05, 0) is 48.1 Å². The van der Waals surface area contributed by atoms with Crippen LogP contribution < -0.4 is 10.1 Å². The number of carbonyl (C=O) groups is 1. The third-order valence-corrected chi connectivity index (χ3v) is 6.42. The van der Waals surface area contributed by atoms with Crippen LogP contribution in [0.2, 0.25) is 0 Å². The first-order chi connectivity index (χ1) is 13.7. The highest BCUT2D eigenvalue weighted by atomic mass is 32.1. The monoisotopic (exact) mass is 396 g/mol. The number of ether oxygens (including phenoxy) is 1. The van der Waals surface area contributed by atoms with Crippen molar-refractivity contribution < 1.29 is 14.6 Å². The number of anilines is 1. The Morgan fingerprint density at radius 3 is 2.64 bits per heavy atom. The summed E-state index contributed by atoms with van der Waals surface area (Å²) in [6.07, 6.45) is 1.70. The van der Waals surface area contributed by atoms with Crippen LogP contribution in [0.25, 0.3) is 21.2 Å². The number of nitrogens with one attached hydrogen (secondary N) is 1. The number of likely N-dealkylation sites (tertiary alicyclic amines) is 1. The minimum Gasteiger partial charge on any atom is -0.496 e. The van der Waals surface area contributed by atoms with Crippen LogP contribution in [0.5, 0.6) is 5.75 Å². The van der Waals surface area contributed by atoms with Crippen molar-refractivity contribution >= 4 is 32.5 Å². The van der Waals surface area contributed by atoms with Crippen LogP contribution in [0.3, 0.4) is 0 Å². The fourth-order valence-corrected chi connectivity index (χ4v) is 4.79. The largest absolute Gasteiger partial charge is 0.496 e. The molecule has 1 saturated heterocycles. The average Bonchev–Trinajstić information content (AvgIpc) is 3.17. The Kier molecular flexibility index (Phi) is 5.50. The number of hydrogen-bond acceptors (Lipinski definition) is 4. The van der Waals surface area contributed by atoms with E-state index in [1.54, 1.807) is 18.4 Å². The van der Waals surface area contributed by atoms with E-state index < -0.39 is 0 Å². The molecule has 5 nitrogen and oxygen atoms in total. The Morgan fingerprint density at radius 1 is 1.21 bits per heavy atom. The van der Waals surface area contributed by atoms with Crippen molar-refractivity contribution in [2.75, 3.05) is 32.1 Å². The van der Waals surface area contributed by atoms with Crippen molar-refractivity contribution in [3.05, 3.63) is 48.5 Å². The zero-order valence-corrected chi connectivity index (χ0v) is 16.7. The number of hydrogen-bond donors (Lipinski definition) is 2. The highest BCUT2D eigenvalue weighted by molar-refractivity contribution is 7.23. The predicted molar refractivity (Wildman–Crippen MR) is 114 cm³/mol. The molecule has 0 aliphatic carbocycles. The standard InChI is InChI=1S/C22H24N2O3S/c1-27-19-8-7-17(16-5-3-2-4-6-16)21-18(19)13-20(28-21)23-22(26)24-11-9-15(14-25)10-12-24/h2-8,13,15,25H,9-12,14H2,1H3,(H,23,26). The van der Waals surface area contributed by atoms with Gasteiger partial charge in [0, 0.05) is 29.8 Å². The molecule has 2 heterocycles. The summed E-state index contributed by atoms with van der Waals surface area (Å²) in [6, 6.07) is 16.2. The molecule has 1 aliphatic heterocycles. The highest BCUT2D eigenvalue weighted by Gasteiger charge is 2.23. The quantitative estimate of drug-likeness (QED) is 0.665. The zero-order valence-electron chi connectivity index (χ0n) is 15.9. The molecule has 2 amide bonds. The first-order valence-corrected chi connectivity index (χ1v) is 10.3. The molecule has 1 fully saturated rings. The van der Waals surface area contributed by atoms with Crippen LogP contribution in [-0.2, 0) is 0 Å². The van der Waals surface area contributed by atoms with Crippen molar-refractivity contribution in [2.24, 2.45) is 5.92 Å². The number of aliphatic hydroxyl groups excluding tert-OH is 1. The smallest absolute Gasteiger partial charge is 0.322 e. The van der Waals surface area contributed by atoms with Gasteiger partial charge < -0.3 is 14.7 Å². The lowest BCUT2D eigenvalue weighted by Crippen LogP contribution is -2.41. The lowest BCUT2D eigenvalue weighted by molar-refractivity contribution is 0.143. The number of piperidine rings is 1. The van der Waals surface area contributed by atoms with E-state index in [-0.39, 0.29) is 12.6 Å². The van der Waals surface area contributed by atoms with Gasteiger partial charge in [-0.3, -0.25) is 5.32 Å². The Morgan fingerprint density at radius 2 is 1.96 bits per heavy atom. The number of fused-ring (bicyclic) bond motifs is 1. The van der Waals surface area contributed by atoms with E-state index in [1.165, 1.54) is 0 Å². The molecule has 0 bridgehead atoms. The first-order valence-electron chi connectivity index (χ1n) is 9.52. The second-order valence-corrected chi connectivity index (χ2v) is 8.13. The molecule has 0 spiro atoms. The van der Waals surface area contributed by atoms with Crippen LogP contribution >= 0.6 is 11.3 Å². The molecule has 3 aromatic rings. The van der Waals surface area contributed by atoms with Crippen LogP contribution in [-0.4, -0.2) is 42.8 Å². The van der Waals surface area contributed by atoms with Gasteiger partial charge in [-0.25, -0.2) is 4.79 Å². The van der Waals surface area contributed by atoms with Gasteiger partial charge in [-0.1, -0.05) is 30.3 Å². The zero-order chi connectivity index (χ0) is 19.5.